The van der Waals surface area contributed by atoms with Gasteiger partial charge < -0.3 is 20.4 Å². The van der Waals surface area contributed by atoms with E-state index in [0.29, 0.717) is 11.1 Å². The molecule has 6 heteroatoms. The molecular formula is C29H28O6. The van der Waals surface area contributed by atoms with Gasteiger partial charge in [0.15, 0.2) is 0 Å². The molecule has 0 aromatic heterocycles. The number of benzene rings is 4. The van der Waals surface area contributed by atoms with Gasteiger partial charge in [0, 0.05) is 5.41 Å². The van der Waals surface area contributed by atoms with Crippen molar-refractivity contribution < 1.29 is 30.0 Å². The molecule has 4 aromatic carbocycles. The van der Waals surface area contributed by atoms with Crippen molar-refractivity contribution in [2.75, 3.05) is 0 Å². The van der Waals surface area contributed by atoms with Gasteiger partial charge in [0.05, 0.1) is 11.1 Å². The molecule has 4 N–H and O–H groups in total. The van der Waals surface area contributed by atoms with Crippen LogP contribution in [0.2, 0.25) is 0 Å². The van der Waals surface area contributed by atoms with Crippen molar-refractivity contribution >= 4 is 11.9 Å². The van der Waals surface area contributed by atoms with Gasteiger partial charge in [-0.3, -0.25) is 0 Å². The number of carboxylic acids is 2. The molecule has 0 spiro atoms. The second kappa shape index (κ2) is 12.6. The van der Waals surface area contributed by atoms with Gasteiger partial charge in [-0.25, -0.2) is 9.59 Å². The summed E-state index contributed by atoms with van der Waals surface area (Å²) in [6.45, 7) is 4.23. The van der Waals surface area contributed by atoms with Gasteiger partial charge in [-0.1, -0.05) is 74.5 Å². The van der Waals surface area contributed by atoms with E-state index in [-0.39, 0.29) is 16.9 Å². The standard InChI is InChI=1S/C15H16O2.2C7H6O2/c1-15(2,11-3-7-13(16)8-4-11)12-5-9-14(17)10-6-12;2*8-7(9)6-4-2-1-3-5-6/h3-10,16-17H,1-2H3;2*1-5H,(H,8,9). The molecule has 0 aliphatic rings. The first-order valence-corrected chi connectivity index (χ1v) is 10.8. The number of phenols is 2. The summed E-state index contributed by atoms with van der Waals surface area (Å²) >= 11 is 0. The van der Waals surface area contributed by atoms with Crippen LogP contribution in [-0.2, 0) is 5.41 Å². The lowest BCUT2D eigenvalue weighted by atomic mass is 9.78. The lowest BCUT2D eigenvalue weighted by Gasteiger charge is -2.26. The third kappa shape index (κ3) is 8.37. The predicted molar refractivity (Wildman–Crippen MR) is 135 cm³/mol. The molecule has 4 aromatic rings. The van der Waals surface area contributed by atoms with Gasteiger partial charge in [-0.05, 0) is 59.7 Å². The Kier molecular flexibility index (Phi) is 9.60. The van der Waals surface area contributed by atoms with E-state index in [4.69, 9.17) is 10.2 Å². The Bertz CT molecular complexity index is 1100. The van der Waals surface area contributed by atoms with Crippen molar-refractivity contribution in [1.29, 1.82) is 0 Å². The number of hydrogen-bond donors (Lipinski definition) is 4. The fourth-order valence-electron chi connectivity index (χ4n) is 3.08. The van der Waals surface area contributed by atoms with Crippen molar-refractivity contribution in [1.82, 2.24) is 0 Å². The molecule has 180 valence electrons. The van der Waals surface area contributed by atoms with E-state index in [9.17, 15) is 19.8 Å². The number of rotatable bonds is 4. The first kappa shape index (κ1) is 26.7. The van der Waals surface area contributed by atoms with Crippen LogP contribution >= 0.6 is 0 Å². The predicted octanol–water partition coefficient (Wildman–Crippen LogP) is 6.19. The number of phenolic OH excluding ortho intramolecular Hbond substituents is 2. The van der Waals surface area contributed by atoms with Crippen LogP contribution in [0, 0.1) is 0 Å². The SMILES string of the molecule is CC(C)(c1ccc(O)cc1)c1ccc(O)cc1.O=C(O)c1ccccc1.O=C(O)c1ccccc1. The highest BCUT2D eigenvalue weighted by Gasteiger charge is 2.22. The summed E-state index contributed by atoms with van der Waals surface area (Å²) < 4.78 is 0. The Morgan fingerprint density at radius 2 is 0.800 bits per heavy atom. The number of aromatic hydroxyl groups is 2. The number of carbonyl (C=O) groups is 2. The lowest BCUT2D eigenvalue weighted by molar-refractivity contribution is 0.0686. The summed E-state index contributed by atoms with van der Waals surface area (Å²) in [5, 5.41) is 35.4. The Hall–Kier alpha value is -4.58. The van der Waals surface area contributed by atoms with E-state index in [1.807, 2.05) is 24.3 Å². The molecule has 0 atom stereocenters. The Morgan fingerprint density at radius 1 is 0.514 bits per heavy atom. The summed E-state index contributed by atoms with van der Waals surface area (Å²) in [5.74, 6) is -1.21. The third-order valence-electron chi connectivity index (χ3n) is 5.22. The molecular weight excluding hydrogens is 444 g/mol. The fourth-order valence-corrected chi connectivity index (χ4v) is 3.08. The highest BCUT2D eigenvalue weighted by atomic mass is 16.4. The smallest absolute Gasteiger partial charge is 0.335 e. The minimum absolute atomic E-state index is 0.151. The van der Waals surface area contributed by atoms with Crippen molar-refractivity contribution in [3.63, 3.8) is 0 Å². The van der Waals surface area contributed by atoms with Crippen molar-refractivity contribution in [2.45, 2.75) is 19.3 Å². The zero-order chi connectivity index (χ0) is 25.8. The van der Waals surface area contributed by atoms with Gasteiger partial charge in [0.2, 0.25) is 0 Å². The molecule has 0 aliphatic carbocycles. The molecule has 35 heavy (non-hydrogen) atoms. The molecule has 0 saturated heterocycles. The van der Waals surface area contributed by atoms with E-state index in [1.54, 1.807) is 84.9 Å². The molecule has 0 fully saturated rings. The minimum atomic E-state index is -0.879. The second-order valence-corrected chi connectivity index (χ2v) is 8.06. The molecule has 0 unspecified atom stereocenters. The maximum Gasteiger partial charge on any atom is 0.335 e. The molecule has 0 amide bonds. The molecule has 0 saturated carbocycles. The van der Waals surface area contributed by atoms with E-state index in [2.05, 4.69) is 13.8 Å². The lowest BCUT2D eigenvalue weighted by Crippen LogP contribution is -2.18. The first-order valence-electron chi connectivity index (χ1n) is 10.8. The van der Waals surface area contributed by atoms with Crippen LogP contribution < -0.4 is 0 Å². The number of aromatic carboxylic acids is 2. The number of carboxylic acid groups (broad SMARTS) is 2. The maximum absolute atomic E-state index is 10.2. The van der Waals surface area contributed by atoms with Gasteiger partial charge in [0.1, 0.15) is 11.5 Å². The van der Waals surface area contributed by atoms with Crippen LogP contribution in [0.3, 0.4) is 0 Å². The molecule has 4 rings (SSSR count). The Balaban J connectivity index is 0.000000203. The normalized spacial score (nSPS) is 10.1. The van der Waals surface area contributed by atoms with Crippen LogP contribution in [0.5, 0.6) is 11.5 Å². The first-order chi connectivity index (χ1) is 16.6. The third-order valence-corrected chi connectivity index (χ3v) is 5.22. The molecule has 0 bridgehead atoms. The summed E-state index contributed by atoms with van der Waals surface area (Å²) in [6, 6.07) is 31.0. The molecule has 0 heterocycles. The number of hydrogen-bond acceptors (Lipinski definition) is 4. The van der Waals surface area contributed by atoms with E-state index < -0.39 is 11.9 Å². The quantitative estimate of drug-likeness (QED) is 0.281. The van der Waals surface area contributed by atoms with Crippen LogP contribution in [0.1, 0.15) is 45.7 Å². The highest BCUT2D eigenvalue weighted by Crippen LogP contribution is 2.32. The van der Waals surface area contributed by atoms with Gasteiger partial charge in [-0.15, -0.1) is 0 Å². The largest absolute Gasteiger partial charge is 0.508 e. The van der Waals surface area contributed by atoms with Crippen molar-refractivity contribution in [3.05, 3.63) is 131 Å². The monoisotopic (exact) mass is 472 g/mol. The van der Waals surface area contributed by atoms with Gasteiger partial charge in [0.25, 0.3) is 0 Å². The maximum atomic E-state index is 10.2. The fraction of sp³-hybridized carbons (Fsp3) is 0.103. The van der Waals surface area contributed by atoms with Crippen molar-refractivity contribution in [2.24, 2.45) is 0 Å². The van der Waals surface area contributed by atoms with E-state index >= 15 is 0 Å². The molecule has 6 nitrogen and oxygen atoms in total. The van der Waals surface area contributed by atoms with E-state index in [1.165, 1.54) is 0 Å². The highest BCUT2D eigenvalue weighted by molar-refractivity contribution is 5.87. The average Bonchev–Trinajstić information content (AvgIpc) is 2.86. The summed E-state index contributed by atoms with van der Waals surface area (Å²) in [5.41, 5.74) is 2.76. The Morgan fingerprint density at radius 3 is 1.03 bits per heavy atom. The van der Waals surface area contributed by atoms with Crippen LogP contribution in [0.15, 0.2) is 109 Å². The van der Waals surface area contributed by atoms with E-state index in [0.717, 1.165) is 11.1 Å². The summed E-state index contributed by atoms with van der Waals surface area (Å²) in [7, 11) is 0. The van der Waals surface area contributed by atoms with Gasteiger partial charge >= 0.3 is 11.9 Å². The summed E-state index contributed by atoms with van der Waals surface area (Å²) in [4.78, 5) is 20.4. The zero-order valence-electron chi connectivity index (χ0n) is 19.5. The minimum Gasteiger partial charge on any atom is -0.508 e. The second-order valence-electron chi connectivity index (χ2n) is 8.06. The van der Waals surface area contributed by atoms with Gasteiger partial charge in [-0.2, -0.15) is 0 Å². The Labute approximate surface area is 204 Å². The zero-order valence-corrected chi connectivity index (χ0v) is 19.5. The molecule has 0 aliphatic heterocycles. The topological polar surface area (TPSA) is 115 Å². The van der Waals surface area contributed by atoms with Crippen molar-refractivity contribution in [3.8, 4) is 11.5 Å². The van der Waals surface area contributed by atoms with Crippen LogP contribution in [0.4, 0.5) is 0 Å². The summed E-state index contributed by atoms with van der Waals surface area (Å²) in [6.07, 6.45) is 0. The van der Waals surface area contributed by atoms with Crippen LogP contribution in [0.25, 0.3) is 0 Å². The van der Waals surface area contributed by atoms with Crippen LogP contribution in [-0.4, -0.2) is 32.4 Å². The average molecular weight is 473 g/mol. The molecule has 0 radical (unpaired) electrons.